The maximum atomic E-state index is 12.4. The number of hydrogen-bond donors (Lipinski definition) is 0. The van der Waals surface area contributed by atoms with E-state index in [2.05, 4.69) is 12.1 Å². The minimum atomic E-state index is -0.809. The Hall–Kier alpha value is -3.51. The molecule has 0 spiro atoms. The standard InChI is InChI=1S/C29H32O6/c1-19(20-12-8-6-9-13-20)32-27-17-22(21-14-10-7-11-15-21)23-16-25(31-5)26(18-24(23)33-27)34-28(30)35-29(2,3)4/h6-16,18-19,22,27H,17H2,1-5H3/t19-,22-,27+/m1/s1. The number of benzene rings is 3. The molecule has 0 bridgehead atoms. The lowest BCUT2D eigenvalue weighted by atomic mass is 9.86. The van der Waals surface area contributed by atoms with Crippen LogP contribution in [0.15, 0.2) is 72.8 Å². The lowest BCUT2D eigenvalue weighted by molar-refractivity contribution is -0.127. The highest BCUT2D eigenvalue weighted by Gasteiger charge is 2.33. The highest BCUT2D eigenvalue weighted by molar-refractivity contribution is 5.67. The van der Waals surface area contributed by atoms with Crippen LogP contribution in [0.5, 0.6) is 17.2 Å². The second-order valence-corrected chi connectivity index (χ2v) is 9.54. The van der Waals surface area contributed by atoms with Crippen molar-refractivity contribution in [2.75, 3.05) is 7.11 Å². The summed E-state index contributed by atoms with van der Waals surface area (Å²) in [6.07, 6.45) is -0.832. The van der Waals surface area contributed by atoms with E-state index in [1.807, 2.05) is 61.5 Å². The molecule has 0 unspecified atom stereocenters. The zero-order valence-electron chi connectivity index (χ0n) is 20.8. The fourth-order valence-electron chi connectivity index (χ4n) is 4.16. The fourth-order valence-corrected chi connectivity index (χ4v) is 4.16. The van der Waals surface area contributed by atoms with E-state index in [1.165, 1.54) is 0 Å². The number of carbonyl (C=O) groups excluding carboxylic acids is 1. The molecule has 1 aliphatic rings. The zero-order chi connectivity index (χ0) is 25.0. The lowest BCUT2D eigenvalue weighted by Crippen LogP contribution is -2.30. The van der Waals surface area contributed by atoms with Crippen molar-refractivity contribution in [1.29, 1.82) is 0 Å². The number of ether oxygens (including phenoxy) is 5. The van der Waals surface area contributed by atoms with Crippen LogP contribution >= 0.6 is 0 Å². The monoisotopic (exact) mass is 476 g/mol. The molecule has 6 heteroatoms. The van der Waals surface area contributed by atoms with E-state index >= 15 is 0 Å². The molecule has 0 fully saturated rings. The molecule has 35 heavy (non-hydrogen) atoms. The first-order chi connectivity index (χ1) is 16.7. The maximum Gasteiger partial charge on any atom is 0.514 e. The fraction of sp³-hybridized carbons (Fsp3) is 0.345. The number of rotatable bonds is 6. The summed E-state index contributed by atoms with van der Waals surface area (Å²) in [6.45, 7) is 7.35. The minimum absolute atomic E-state index is 0.0115. The molecule has 184 valence electrons. The number of hydrogen-bond acceptors (Lipinski definition) is 6. The van der Waals surface area contributed by atoms with Crippen molar-refractivity contribution in [3.63, 3.8) is 0 Å². The summed E-state index contributed by atoms with van der Waals surface area (Å²) in [4.78, 5) is 12.4. The first-order valence-corrected chi connectivity index (χ1v) is 11.8. The van der Waals surface area contributed by atoms with Crippen LogP contribution in [-0.2, 0) is 9.47 Å². The van der Waals surface area contributed by atoms with Gasteiger partial charge in [0.15, 0.2) is 11.5 Å². The normalized spacial score (nSPS) is 18.1. The van der Waals surface area contributed by atoms with Crippen LogP contribution in [0.25, 0.3) is 0 Å². The van der Waals surface area contributed by atoms with Crippen LogP contribution in [0, 0.1) is 0 Å². The molecule has 4 rings (SSSR count). The molecule has 0 aliphatic carbocycles. The van der Waals surface area contributed by atoms with Gasteiger partial charge in [-0.15, -0.1) is 0 Å². The van der Waals surface area contributed by atoms with Gasteiger partial charge >= 0.3 is 6.16 Å². The number of methoxy groups -OCH3 is 1. The van der Waals surface area contributed by atoms with Gasteiger partial charge in [-0.05, 0) is 44.9 Å². The molecule has 3 aromatic carbocycles. The largest absolute Gasteiger partial charge is 0.514 e. The molecule has 0 N–H and O–H groups in total. The Morgan fingerprint density at radius 1 is 0.971 bits per heavy atom. The van der Waals surface area contributed by atoms with E-state index < -0.39 is 18.0 Å². The van der Waals surface area contributed by atoms with E-state index in [0.717, 1.165) is 16.7 Å². The average molecular weight is 477 g/mol. The molecule has 3 aromatic rings. The Morgan fingerprint density at radius 3 is 2.26 bits per heavy atom. The highest BCUT2D eigenvalue weighted by atomic mass is 16.7. The van der Waals surface area contributed by atoms with Gasteiger partial charge in [-0.25, -0.2) is 4.79 Å². The van der Waals surface area contributed by atoms with Gasteiger partial charge in [0.1, 0.15) is 11.4 Å². The summed E-state index contributed by atoms with van der Waals surface area (Å²) in [6, 6.07) is 23.8. The molecule has 0 amide bonds. The van der Waals surface area contributed by atoms with Crippen molar-refractivity contribution in [1.82, 2.24) is 0 Å². The average Bonchev–Trinajstić information content (AvgIpc) is 2.83. The van der Waals surface area contributed by atoms with Gasteiger partial charge in [-0.2, -0.15) is 0 Å². The van der Waals surface area contributed by atoms with E-state index in [-0.39, 0.29) is 17.8 Å². The van der Waals surface area contributed by atoms with Gasteiger partial charge in [0.05, 0.1) is 13.2 Å². The van der Waals surface area contributed by atoms with Gasteiger partial charge in [-0.3, -0.25) is 0 Å². The number of fused-ring (bicyclic) bond motifs is 1. The van der Waals surface area contributed by atoms with Crippen molar-refractivity contribution in [3.8, 4) is 17.2 Å². The Balaban J connectivity index is 1.66. The van der Waals surface area contributed by atoms with Gasteiger partial charge in [0, 0.05) is 24.0 Å². The van der Waals surface area contributed by atoms with Crippen molar-refractivity contribution in [3.05, 3.63) is 89.5 Å². The molecular weight excluding hydrogens is 444 g/mol. The molecule has 1 heterocycles. The summed E-state index contributed by atoms with van der Waals surface area (Å²) < 4.78 is 29.0. The SMILES string of the molecule is COc1cc2c(cc1OC(=O)OC(C)(C)C)O[C@H](O[C@H](C)c1ccccc1)C[C@@H]2c1ccccc1. The predicted molar refractivity (Wildman–Crippen MR) is 133 cm³/mol. The Bertz CT molecular complexity index is 1140. The summed E-state index contributed by atoms with van der Waals surface area (Å²) >= 11 is 0. The Morgan fingerprint density at radius 2 is 1.63 bits per heavy atom. The predicted octanol–water partition coefficient (Wildman–Crippen LogP) is 7.03. The van der Waals surface area contributed by atoms with Crippen LogP contribution in [0.2, 0.25) is 0 Å². The van der Waals surface area contributed by atoms with Crippen molar-refractivity contribution in [2.24, 2.45) is 0 Å². The summed E-state index contributed by atoms with van der Waals surface area (Å²) in [5.41, 5.74) is 2.47. The van der Waals surface area contributed by atoms with Gasteiger partial charge in [0.2, 0.25) is 6.29 Å². The molecule has 1 aliphatic heterocycles. The van der Waals surface area contributed by atoms with Crippen LogP contribution in [0.4, 0.5) is 4.79 Å². The van der Waals surface area contributed by atoms with E-state index in [9.17, 15) is 4.79 Å². The smallest absolute Gasteiger partial charge is 0.493 e. The van der Waals surface area contributed by atoms with Crippen LogP contribution < -0.4 is 14.2 Å². The molecule has 3 atom stereocenters. The second kappa shape index (κ2) is 10.4. The second-order valence-electron chi connectivity index (χ2n) is 9.54. The third kappa shape index (κ3) is 6.14. The molecule has 0 saturated heterocycles. The highest BCUT2D eigenvalue weighted by Crippen LogP contribution is 2.46. The Labute approximate surface area is 206 Å². The summed E-state index contributed by atoms with van der Waals surface area (Å²) in [5, 5.41) is 0. The van der Waals surface area contributed by atoms with Crippen molar-refractivity contribution in [2.45, 2.75) is 58.0 Å². The molecular formula is C29H32O6. The van der Waals surface area contributed by atoms with Crippen LogP contribution in [0.1, 0.15) is 62.8 Å². The van der Waals surface area contributed by atoms with E-state index in [4.69, 9.17) is 23.7 Å². The third-order valence-electron chi connectivity index (χ3n) is 5.77. The van der Waals surface area contributed by atoms with Gasteiger partial charge in [-0.1, -0.05) is 60.7 Å². The summed E-state index contributed by atoms with van der Waals surface area (Å²) in [5.74, 6) is 1.24. The maximum absolute atomic E-state index is 12.4. The number of carbonyl (C=O) groups is 1. The van der Waals surface area contributed by atoms with Crippen LogP contribution in [0.3, 0.4) is 0 Å². The quantitative estimate of drug-likeness (QED) is 0.281. The minimum Gasteiger partial charge on any atom is -0.493 e. The van der Waals surface area contributed by atoms with E-state index in [1.54, 1.807) is 33.9 Å². The van der Waals surface area contributed by atoms with Crippen molar-refractivity contribution >= 4 is 6.16 Å². The molecule has 0 radical (unpaired) electrons. The Kier molecular flexibility index (Phi) is 7.31. The van der Waals surface area contributed by atoms with Gasteiger partial charge in [0.25, 0.3) is 0 Å². The first kappa shape index (κ1) is 24.6. The zero-order valence-corrected chi connectivity index (χ0v) is 20.8. The van der Waals surface area contributed by atoms with Gasteiger partial charge < -0.3 is 23.7 Å². The lowest BCUT2D eigenvalue weighted by Gasteiger charge is -2.34. The molecule has 0 saturated carbocycles. The molecule has 6 nitrogen and oxygen atoms in total. The summed E-state index contributed by atoms with van der Waals surface area (Å²) in [7, 11) is 1.54. The molecule has 0 aromatic heterocycles. The topological polar surface area (TPSA) is 63.2 Å². The van der Waals surface area contributed by atoms with E-state index in [0.29, 0.717) is 17.9 Å². The van der Waals surface area contributed by atoms with Crippen molar-refractivity contribution < 1.29 is 28.5 Å². The third-order valence-corrected chi connectivity index (χ3v) is 5.77. The van der Waals surface area contributed by atoms with Crippen LogP contribution in [-0.4, -0.2) is 25.2 Å². The first-order valence-electron chi connectivity index (χ1n) is 11.8.